The van der Waals surface area contributed by atoms with Crippen LogP contribution in [-0.2, 0) is 4.74 Å². The highest BCUT2D eigenvalue weighted by Gasteiger charge is 2.35. The Morgan fingerprint density at radius 1 is 1.39 bits per heavy atom. The number of anilines is 1. The van der Waals surface area contributed by atoms with Crippen LogP contribution < -0.4 is 10.6 Å². The number of carbonyl (C=O) groups excluding carboxylic acids is 1. The van der Waals surface area contributed by atoms with E-state index >= 15 is 0 Å². The molecule has 5 unspecified atom stereocenters. The summed E-state index contributed by atoms with van der Waals surface area (Å²) in [6.07, 6.45) is 9.47. The fourth-order valence-corrected chi connectivity index (χ4v) is 4.20. The lowest BCUT2D eigenvalue weighted by Gasteiger charge is -2.32. The first-order valence-corrected chi connectivity index (χ1v) is 11.0. The molecule has 0 spiro atoms. The summed E-state index contributed by atoms with van der Waals surface area (Å²) in [4.78, 5) is 16.2. The Bertz CT molecular complexity index is 916. The van der Waals surface area contributed by atoms with Gasteiger partial charge in [0.15, 0.2) is 5.82 Å². The number of rotatable bonds is 7. The average molecular weight is 429 g/mol. The summed E-state index contributed by atoms with van der Waals surface area (Å²) in [5.74, 6) is -0.0936. The molecule has 9 heteroatoms. The van der Waals surface area contributed by atoms with Crippen LogP contribution >= 0.6 is 0 Å². The van der Waals surface area contributed by atoms with Crippen LogP contribution in [0.2, 0.25) is 0 Å². The highest BCUT2D eigenvalue weighted by atomic mass is 19.1. The molecule has 2 aliphatic carbocycles. The first-order chi connectivity index (χ1) is 15.0. The maximum atomic E-state index is 13.7. The Labute approximate surface area is 181 Å². The lowest BCUT2D eigenvalue weighted by Crippen LogP contribution is -2.32. The molecule has 4 rings (SSSR count). The minimum absolute atomic E-state index is 0.0619. The largest absolute Gasteiger partial charge is 0.378 e. The highest BCUT2D eigenvalue weighted by Crippen LogP contribution is 2.37. The van der Waals surface area contributed by atoms with Crippen molar-refractivity contribution < 1.29 is 13.9 Å². The minimum atomic E-state index is -0.564. The molecule has 1 aliphatic heterocycles. The molecular weight excluding hydrogens is 399 g/mol. The van der Waals surface area contributed by atoms with E-state index in [0.717, 1.165) is 19.4 Å². The molecule has 5 atom stereocenters. The van der Waals surface area contributed by atoms with Gasteiger partial charge in [0, 0.05) is 32.0 Å². The number of halogens is 1. The molecule has 0 saturated heterocycles. The van der Waals surface area contributed by atoms with E-state index in [1.807, 2.05) is 6.92 Å². The molecule has 1 aromatic heterocycles. The number of ether oxygens (including phenoxy) is 1. The minimum Gasteiger partial charge on any atom is -0.378 e. The standard InChI is InChI=1S/C22H29FN6O2/c1-13-10-26-20(23)8-18(13)27-21-17(22(30)25-2)11-29(28-21)19-6-5-16(7-15(19)9-24)31-12-14-3-4-14/h8,10-11,13-16,18-19H,3-7,12H2,1-2H3,(H,25,30)(H,27,28). The fourth-order valence-electron chi connectivity index (χ4n) is 4.20. The smallest absolute Gasteiger partial charge is 0.256 e. The molecule has 166 valence electrons. The third kappa shape index (κ3) is 4.96. The summed E-state index contributed by atoms with van der Waals surface area (Å²) in [6.45, 7) is 2.70. The summed E-state index contributed by atoms with van der Waals surface area (Å²) < 4.78 is 21.4. The van der Waals surface area contributed by atoms with Gasteiger partial charge < -0.3 is 15.4 Å². The number of aliphatic imine (C=N–C) groups is 1. The zero-order chi connectivity index (χ0) is 22.0. The monoisotopic (exact) mass is 428 g/mol. The molecule has 2 N–H and O–H groups in total. The Hall–Kier alpha value is -2.73. The van der Waals surface area contributed by atoms with E-state index in [1.54, 1.807) is 17.9 Å². The second kappa shape index (κ2) is 9.18. The van der Waals surface area contributed by atoms with Gasteiger partial charge in [0.25, 0.3) is 5.91 Å². The molecule has 31 heavy (non-hydrogen) atoms. The maximum Gasteiger partial charge on any atom is 0.256 e. The first-order valence-electron chi connectivity index (χ1n) is 11.0. The van der Waals surface area contributed by atoms with Crippen LogP contribution in [0.1, 0.15) is 55.4 Å². The topological polar surface area (TPSA) is 104 Å². The number of aromatic nitrogens is 2. The van der Waals surface area contributed by atoms with Crippen molar-refractivity contribution in [3.63, 3.8) is 0 Å². The Morgan fingerprint density at radius 2 is 2.19 bits per heavy atom. The summed E-state index contributed by atoms with van der Waals surface area (Å²) in [5, 5.41) is 20.2. The molecule has 3 aliphatic rings. The van der Waals surface area contributed by atoms with E-state index in [2.05, 4.69) is 26.8 Å². The molecule has 1 amide bonds. The van der Waals surface area contributed by atoms with Crippen molar-refractivity contribution in [2.75, 3.05) is 19.0 Å². The second-order valence-corrected chi connectivity index (χ2v) is 8.76. The molecule has 0 bridgehead atoms. The van der Waals surface area contributed by atoms with Gasteiger partial charge in [-0.1, -0.05) is 6.92 Å². The molecule has 0 radical (unpaired) electrons. The Morgan fingerprint density at radius 3 is 2.90 bits per heavy atom. The lowest BCUT2D eigenvalue weighted by atomic mass is 9.83. The predicted octanol–water partition coefficient (Wildman–Crippen LogP) is 3.21. The highest BCUT2D eigenvalue weighted by molar-refractivity contribution is 5.98. The van der Waals surface area contributed by atoms with Crippen LogP contribution in [0.5, 0.6) is 0 Å². The van der Waals surface area contributed by atoms with E-state index in [-0.39, 0.29) is 35.9 Å². The number of amides is 1. The van der Waals surface area contributed by atoms with Gasteiger partial charge >= 0.3 is 0 Å². The van der Waals surface area contributed by atoms with Crippen LogP contribution in [0.25, 0.3) is 0 Å². The van der Waals surface area contributed by atoms with E-state index in [4.69, 9.17) is 4.74 Å². The lowest BCUT2D eigenvalue weighted by molar-refractivity contribution is 0.00153. The zero-order valence-electron chi connectivity index (χ0n) is 17.9. The van der Waals surface area contributed by atoms with Crippen molar-refractivity contribution in [1.29, 1.82) is 5.26 Å². The molecule has 2 heterocycles. The van der Waals surface area contributed by atoms with Crippen molar-refractivity contribution in [3.8, 4) is 6.07 Å². The van der Waals surface area contributed by atoms with E-state index in [9.17, 15) is 14.4 Å². The van der Waals surface area contributed by atoms with Gasteiger partial charge in [-0.25, -0.2) is 4.99 Å². The molecule has 2 saturated carbocycles. The van der Waals surface area contributed by atoms with Gasteiger partial charge in [0.2, 0.25) is 5.95 Å². The zero-order valence-corrected chi connectivity index (χ0v) is 17.9. The van der Waals surface area contributed by atoms with Crippen LogP contribution in [-0.4, -0.2) is 47.7 Å². The van der Waals surface area contributed by atoms with E-state index in [1.165, 1.54) is 25.1 Å². The summed E-state index contributed by atoms with van der Waals surface area (Å²) >= 11 is 0. The molecule has 2 fully saturated rings. The van der Waals surface area contributed by atoms with Crippen molar-refractivity contribution in [3.05, 3.63) is 23.8 Å². The third-order valence-electron chi connectivity index (χ3n) is 6.36. The normalized spacial score (nSPS) is 30.4. The molecule has 0 aromatic carbocycles. The number of nitriles is 1. The number of nitrogens with one attached hydrogen (secondary N) is 2. The van der Waals surface area contributed by atoms with E-state index < -0.39 is 5.95 Å². The van der Waals surface area contributed by atoms with Crippen molar-refractivity contribution >= 4 is 17.9 Å². The summed E-state index contributed by atoms with van der Waals surface area (Å²) in [7, 11) is 1.55. The maximum absolute atomic E-state index is 13.7. The number of nitrogens with zero attached hydrogens (tertiary/aromatic N) is 4. The van der Waals surface area contributed by atoms with Crippen molar-refractivity contribution in [2.24, 2.45) is 22.7 Å². The number of hydrogen-bond acceptors (Lipinski definition) is 6. The SMILES string of the molecule is CNC(=O)c1cn(C2CCC(OCC3CC3)CC2C#N)nc1NC1C=C(F)N=CC1C. The molecule has 8 nitrogen and oxygen atoms in total. The van der Waals surface area contributed by atoms with Gasteiger partial charge in [0.1, 0.15) is 5.56 Å². The molecular formula is C22H29FN6O2. The van der Waals surface area contributed by atoms with Gasteiger partial charge in [0.05, 0.1) is 30.2 Å². The van der Waals surface area contributed by atoms with Gasteiger partial charge in [-0.2, -0.15) is 14.8 Å². The Kier molecular flexibility index (Phi) is 6.37. The van der Waals surface area contributed by atoms with Gasteiger partial charge in [-0.15, -0.1) is 0 Å². The van der Waals surface area contributed by atoms with Crippen LogP contribution in [0, 0.1) is 29.1 Å². The van der Waals surface area contributed by atoms with Crippen molar-refractivity contribution in [2.45, 2.75) is 57.2 Å². The van der Waals surface area contributed by atoms with Crippen molar-refractivity contribution in [1.82, 2.24) is 15.1 Å². The quantitative estimate of drug-likeness (QED) is 0.649. The first kappa shape index (κ1) is 21.5. The second-order valence-electron chi connectivity index (χ2n) is 8.76. The third-order valence-corrected chi connectivity index (χ3v) is 6.36. The van der Waals surface area contributed by atoms with Crippen LogP contribution in [0.3, 0.4) is 0 Å². The molecule has 1 aromatic rings. The average Bonchev–Trinajstić information content (AvgIpc) is 3.52. The summed E-state index contributed by atoms with van der Waals surface area (Å²) in [5.41, 5.74) is 0.370. The van der Waals surface area contributed by atoms with Crippen LogP contribution in [0.15, 0.2) is 23.2 Å². The van der Waals surface area contributed by atoms with Gasteiger partial charge in [-0.3, -0.25) is 9.48 Å². The van der Waals surface area contributed by atoms with Crippen LogP contribution in [0.4, 0.5) is 10.2 Å². The van der Waals surface area contributed by atoms with E-state index in [0.29, 0.717) is 23.7 Å². The predicted molar refractivity (Wildman–Crippen MR) is 114 cm³/mol. The fraction of sp³-hybridized carbons (Fsp3) is 0.636. The Balaban J connectivity index is 1.52. The number of hydrogen-bond donors (Lipinski definition) is 2. The number of carbonyl (C=O) groups is 1. The summed E-state index contributed by atoms with van der Waals surface area (Å²) in [6, 6.07) is 1.90. The van der Waals surface area contributed by atoms with Gasteiger partial charge in [-0.05, 0) is 44.1 Å².